The molecule has 6 nitrogen and oxygen atoms in total. The number of urea groups is 1. The van der Waals surface area contributed by atoms with Crippen molar-refractivity contribution >= 4 is 23.3 Å². The third-order valence-electron chi connectivity index (χ3n) is 5.26. The summed E-state index contributed by atoms with van der Waals surface area (Å²) in [6.07, 6.45) is 0. The number of nitrogens with one attached hydrogen (secondary N) is 2. The molecule has 0 radical (unpaired) electrons. The number of nitrogens with zero attached hydrogens (tertiary/aromatic N) is 2. The van der Waals surface area contributed by atoms with Crippen molar-refractivity contribution in [3.63, 3.8) is 0 Å². The highest BCUT2D eigenvalue weighted by molar-refractivity contribution is 5.96. The lowest BCUT2D eigenvalue weighted by atomic mass is 9.87. The Morgan fingerprint density at radius 1 is 0.867 bits per heavy atom. The smallest absolute Gasteiger partial charge is 0.341 e. The standard InChI is InChI=1S/C24H24N4O2/c1-27(2)20-15-13-19(14-16-20)25-24(30)28-22(18-11-7-4-8-12-18)21(23(29)26-28)17-9-5-3-6-10-17/h3-16,21-22H,1-2H3,(H,25,30)(H,26,29). The monoisotopic (exact) mass is 400 g/mol. The number of hydrogen-bond acceptors (Lipinski definition) is 3. The van der Waals surface area contributed by atoms with Crippen molar-refractivity contribution in [3.8, 4) is 0 Å². The van der Waals surface area contributed by atoms with Crippen molar-refractivity contribution in [3.05, 3.63) is 96.1 Å². The molecule has 2 N–H and O–H groups in total. The Kier molecular flexibility index (Phi) is 5.39. The summed E-state index contributed by atoms with van der Waals surface area (Å²) >= 11 is 0. The van der Waals surface area contributed by atoms with Crippen LogP contribution in [-0.4, -0.2) is 31.0 Å². The Morgan fingerprint density at radius 2 is 1.43 bits per heavy atom. The average Bonchev–Trinajstić information content (AvgIpc) is 3.12. The van der Waals surface area contributed by atoms with Gasteiger partial charge in [0, 0.05) is 25.5 Å². The van der Waals surface area contributed by atoms with Crippen LogP contribution in [0.5, 0.6) is 0 Å². The van der Waals surface area contributed by atoms with E-state index in [1.807, 2.05) is 104 Å². The molecule has 30 heavy (non-hydrogen) atoms. The summed E-state index contributed by atoms with van der Waals surface area (Å²) < 4.78 is 0. The Morgan fingerprint density at radius 3 is 2.00 bits per heavy atom. The molecule has 3 aromatic rings. The lowest BCUT2D eigenvalue weighted by Gasteiger charge is -2.26. The predicted molar refractivity (Wildman–Crippen MR) is 118 cm³/mol. The quantitative estimate of drug-likeness (QED) is 0.691. The van der Waals surface area contributed by atoms with Crippen LogP contribution in [0.25, 0.3) is 0 Å². The SMILES string of the molecule is CN(C)c1ccc(NC(=O)N2NC(=O)C(c3ccccc3)C2c2ccccc2)cc1. The maximum atomic E-state index is 13.1. The van der Waals surface area contributed by atoms with Gasteiger partial charge in [0.1, 0.15) is 0 Å². The summed E-state index contributed by atoms with van der Waals surface area (Å²) in [4.78, 5) is 28.0. The van der Waals surface area contributed by atoms with Crippen molar-refractivity contribution in [2.45, 2.75) is 12.0 Å². The zero-order valence-electron chi connectivity index (χ0n) is 16.9. The summed E-state index contributed by atoms with van der Waals surface area (Å²) in [5.41, 5.74) is 6.23. The first-order chi connectivity index (χ1) is 14.5. The second-order valence-corrected chi connectivity index (χ2v) is 7.46. The van der Waals surface area contributed by atoms with Crippen LogP contribution in [0.1, 0.15) is 23.1 Å². The molecule has 4 rings (SSSR count). The van der Waals surface area contributed by atoms with Crippen LogP contribution >= 0.6 is 0 Å². The van der Waals surface area contributed by atoms with E-state index in [0.717, 1.165) is 16.8 Å². The number of amides is 3. The summed E-state index contributed by atoms with van der Waals surface area (Å²) in [6.45, 7) is 0. The first-order valence-electron chi connectivity index (χ1n) is 9.82. The number of carbonyl (C=O) groups excluding carboxylic acids is 2. The minimum Gasteiger partial charge on any atom is -0.378 e. The molecule has 1 aliphatic rings. The molecule has 2 unspecified atom stereocenters. The van der Waals surface area contributed by atoms with Crippen LogP contribution in [0.2, 0.25) is 0 Å². The molecule has 1 saturated heterocycles. The van der Waals surface area contributed by atoms with Crippen LogP contribution in [-0.2, 0) is 4.79 Å². The molecule has 0 aromatic heterocycles. The van der Waals surface area contributed by atoms with Gasteiger partial charge in [0.2, 0.25) is 5.91 Å². The molecule has 2 atom stereocenters. The van der Waals surface area contributed by atoms with E-state index in [2.05, 4.69) is 10.7 Å². The van der Waals surface area contributed by atoms with Crippen molar-refractivity contribution in [2.24, 2.45) is 0 Å². The Hall–Kier alpha value is -3.80. The van der Waals surface area contributed by atoms with Gasteiger partial charge in [-0.15, -0.1) is 0 Å². The van der Waals surface area contributed by atoms with Gasteiger partial charge in [-0.3, -0.25) is 10.2 Å². The van der Waals surface area contributed by atoms with E-state index in [4.69, 9.17) is 0 Å². The molecular weight excluding hydrogens is 376 g/mol. The molecule has 3 amide bonds. The molecule has 1 fully saturated rings. The lowest BCUT2D eigenvalue weighted by molar-refractivity contribution is -0.121. The predicted octanol–water partition coefficient (Wildman–Crippen LogP) is 4.16. The largest absolute Gasteiger partial charge is 0.378 e. The second-order valence-electron chi connectivity index (χ2n) is 7.46. The highest BCUT2D eigenvalue weighted by Crippen LogP contribution is 2.39. The topological polar surface area (TPSA) is 64.7 Å². The van der Waals surface area contributed by atoms with E-state index in [1.165, 1.54) is 5.01 Å². The van der Waals surface area contributed by atoms with Crippen molar-refractivity contribution < 1.29 is 9.59 Å². The maximum Gasteiger partial charge on any atom is 0.341 e. The van der Waals surface area contributed by atoms with E-state index in [9.17, 15) is 9.59 Å². The molecule has 3 aromatic carbocycles. The zero-order valence-corrected chi connectivity index (χ0v) is 16.9. The molecular formula is C24H24N4O2. The molecule has 0 saturated carbocycles. The van der Waals surface area contributed by atoms with Gasteiger partial charge in [0.05, 0.1) is 12.0 Å². The third-order valence-corrected chi connectivity index (χ3v) is 5.26. The zero-order chi connectivity index (χ0) is 21.1. The Labute approximate surface area is 176 Å². The van der Waals surface area contributed by atoms with Gasteiger partial charge in [-0.05, 0) is 35.4 Å². The highest BCUT2D eigenvalue weighted by Gasteiger charge is 2.45. The molecule has 6 heteroatoms. The summed E-state index contributed by atoms with van der Waals surface area (Å²) in [5, 5.41) is 4.29. The number of benzene rings is 3. The van der Waals surface area contributed by atoms with Crippen LogP contribution in [0.15, 0.2) is 84.9 Å². The fraction of sp³-hybridized carbons (Fsp3) is 0.167. The highest BCUT2D eigenvalue weighted by atomic mass is 16.2. The summed E-state index contributed by atoms with van der Waals surface area (Å²) in [6, 6.07) is 25.9. The van der Waals surface area contributed by atoms with Gasteiger partial charge in [-0.2, -0.15) is 0 Å². The van der Waals surface area contributed by atoms with E-state index < -0.39 is 12.0 Å². The van der Waals surface area contributed by atoms with Gasteiger partial charge in [-0.25, -0.2) is 9.80 Å². The van der Waals surface area contributed by atoms with E-state index in [0.29, 0.717) is 5.69 Å². The minimum atomic E-state index is -0.490. The molecule has 0 aliphatic carbocycles. The molecule has 152 valence electrons. The van der Waals surface area contributed by atoms with E-state index in [-0.39, 0.29) is 11.9 Å². The Balaban J connectivity index is 1.64. The van der Waals surface area contributed by atoms with Crippen molar-refractivity contribution in [1.29, 1.82) is 0 Å². The van der Waals surface area contributed by atoms with Crippen LogP contribution < -0.4 is 15.6 Å². The van der Waals surface area contributed by atoms with Gasteiger partial charge in [0.15, 0.2) is 0 Å². The van der Waals surface area contributed by atoms with Gasteiger partial charge >= 0.3 is 6.03 Å². The van der Waals surface area contributed by atoms with Gasteiger partial charge < -0.3 is 10.2 Å². The molecule has 1 heterocycles. The fourth-order valence-corrected chi connectivity index (χ4v) is 3.74. The van der Waals surface area contributed by atoms with Gasteiger partial charge in [-0.1, -0.05) is 60.7 Å². The normalized spacial score (nSPS) is 18.1. The second kappa shape index (κ2) is 8.29. The van der Waals surface area contributed by atoms with Crippen LogP contribution in [0.4, 0.5) is 16.2 Å². The van der Waals surface area contributed by atoms with Crippen molar-refractivity contribution in [1.82, 2.24) is 10.4 Å². The lowest BCUT2D eigenvalue weighted by Crippen LogP contribution is -2.42. The average molecular weight is 400 g/mol. The first-order valence-corrected chi connectivity index (χ1v) is 9.82. The summed E-state index contributed by atoms with van der Waals surface area (Å²) in [7, 11) is 3.92. The summed E-state index contributed by atoms with van der Waals surface area (Å²) in [5.74, 6) is -0.691. The number of hydrazine groups is 1. The molecule has 0 spiro atoms. The Bertz CT molecular complexity index is 1020. The maximum absolute atomic E-state index is 13.1. The van der Waals surface area contributed by atoms with Gasteiger partial charge in [0.25, 0.3) is 0 Å². The van der Waals surface area contributed by atoms with Crippen LogP contribution in [0, 0.1) is 0 Å². The van der Waals surface area contributed by atoms with E-state index in [1.54, 1.807) is 0 Å². The number of carbonyl (C=O) groups is 2. The van der Waals surface area contributed by atoms with E-state index >= 15 is 0 Å². The molecule has 0 bridgehead atoms. The van der Waals surface area contributed by atoms with Crippen LogP contribution in [0.3, 0.4) is 0 Å². The number of anilines is 2. The third kappa shape index (κ3) is 3.85. The minimum absolute atomic E-state index is 0.201. The first kappa shape index (κ1) is 19.5. The fourth-order valence-electron chi connectivity index (χ4n) is 3.74. The number of hydrogen-bond donors (Lipinski definition) is 2. The number of rotatable bonds is 4. The molecule has 1 aliphatic heterocycles. The van der Waals surface area contributed by atoms with Crippen molar-refractivity contribution in [2.75, 3.05) is 24.3 Å².